The zero-order valence-corrected chi connectivity index (χ0v) is 11.0. The molecule has 100 valence electrons. The van der Waals surface area contributed by atoms with Crippen LogP contribution in [0.3, 0.4) is 0 Å². The molecule has 0 aliphatic rings. The second kappa shape index (κ2) is 5.09. The van der Waals surface area contributed by atoms with Gasteiger partial charge >= 0.3 is 0 Å². The number of oxazole rings is 1. The van der Waals surface area contributed by atoms with E-state index in [9.17, 15) is 0 Å². The van der Waals surface area contributed by atoms with Crippen molar-refractivity contribution in [2.24, 2.45) is 0 Å². The molecule has 0 amide bonds. The minimum absolute atomic E-state index is 0.515. The molecule has 0 aliphatic carbocycles. The van der Waals surface area contributed by atoms with Crippen molar-refractivity contribution in [1.29, 1.82) is 0 Å². The Kier molecular flexibility index (Phi) is 3.13. The normalized spacial score (nSPS) is 10.4. The molecule has 20 heavy (non-hydrogen) atoms. The molecule has 3 rings (SSSR count). The molecule has 1 aromatic heterocycles. The highest BCUT2D eigenvalue weighted by atomic mass is 16.5. The first-order valence-electron chi connectivity index (χ1n) is 6.23. The van der Waals surface area contributed by atoms with Crippen LogP contribution in [-0.2, 0) is 0 Å². The zero-order valence-electron chi connectivity index (χ0n) is 11.0. The first-order valence-corrected chi connectivity index (χ1v) is 6.23. The third-order valence-corrected chi connectivity index (χ3v) is 3.02. The van der Waals surface area contributed by atoms with Gasteiger partial charge in [0.15, 0.2) is 5.76 Å². The summed E-state index contributed by atoms with van der Waals surface area (Å²) in [4.78, 5) is 4.31. The zero-order chi connectivity index (χ0) is 13.9. The smallest absolute Gasteiger partial charge is 0.230 e. The maximum Gasteiger partial charge on any atom is 0.230 e. The van der Waals surface area contributed by atoms with Gasteiger partial charge in [0.2, 0.25) is 5.89 Å². The maximum absolute atomic E-state index is 5.81. The monoisotopic (exact) mass is 266 g/mol. The third-order valence-electron chi connectivity index (χ3n) is 3.02. The van der Waals surface area contributed by atoms with E-state index in [4.69, 9.17) is 14.9 Å². The van der Waals surface area contributed by atoms with Gasteiger partial charge in [-0.15, -0.1) is 0 Å². The number of hydrogen-bond donors (Lipinski definition) is 1. The standard InChI is InChI=1S/C16H14N2O2/c1-19-14-9-12(17)7-8-13(14)16-18-10-15(20-16)11-5-3-2-4-6-11/h2-10H,17H2,1H3. The van der Waals surface area contributed by atoms with E-state index < -0.39 is 0 Å². The second-order valence-electron chi connectivity index (χ2n) is 4.36. The van der Waals surface area contributed by atoms with Gasteiger partial charge in [-0.25, -0.2) is 4.98 Å². The summed E-state index contributed by atoms with van der Waals surface area (Å²) in [5.41, 5.74) is 8.15. The summed E-state index contributed by atoms with van der Waals surface area (Å²) in [5.74, 6) is 1.88. The summed E-state index contributed by atoms with van der Waals surface area (Å²) in [6, 6.07) is 15.2. The van der Waals surface area contributed by atoms with Gasteiger partial charge in [0.1, 0.15) is 5.75 Å². The van der Waals surface area contributed by atoms with Gasteiger partial charge in [-0.3, -0.25) is 0 Å². The lowest BCUT2D eigenvalue weighted by Crippen LogP contribution is -1.91. The number of methoxy groups -OCH3 is 1. The molecule has 0 aliphatic heterocycles. The van der Waals surface area contributed by atoms with E-state index in [1.54, 1.807) is 25.4 Å². The molecule has 0 unspecified atom stereocenters. The average Bonchev–Trinajstić information content (AvgIpc) is 2.97. The highest BCUT2D eigenvalue weighted by Crippen LogP contribution is 2.33. The van der Waals surface area contributed by atoms with Crippen molar-refractivity contribution in [3.63, 3.8) is 0 Å². The fourth-order valence-electron chi connectivity index (χ4n) is 2.02. The summed E-state index contributed by atoms with van der Waals surface area (Å²) in [5, 5.41) is 0. The largest absolute Gasteiger partial charge is 0.496 e. The molecular formula is C16H14N2O2. The second-order valence-corrected chi connectivity index (χ2v) is 4.36. The Morgan fingerprint density at radius 3 is 2.65 bits per heavy atom. The topological polar surface area (TPSA) is 61.3 Å². The summed E-state index contributed by atoms with van der Waals surface area (Å²) >= 11 is 0. The fraction of sp³-hybridized carbons (Fsp3) is 0.0625. The van der Waals surface area contributed by atoms with E-state index >= 15 is 0 Å². The van der Waals surface area contributed by atoms with Crippen molar-refractivity contribution in [3.05, 3.63) is 54.7 Å². The highest BCUT2D eigenvalue weighted by Gasteiger charge is 2.13. The van der Waals surface area contributed by atoms with Crippen LogP contribution in [-0.4, -0.2) is 12.1 Å². The SMILES string of the molecule is COc1cc(N)ccc1-c1ncc(-c2ccccc2)o1. The Balaban J connectivity index is 2.02. The van der Waals surface area contributed by atoms with Crippen molar-refractivity contribution >= 4 is 5.69 Å². The predicted octanol–water partition coefficient (Wildman–Crippen LogP) is 3.60. The Morgan fingerprint density at radius 1 is 1.10 bits per heavy atom. The van der Waals surface area contributed by atoms with Crippen molar-refractivity contribution in [2.45, 2.75) is 0 Å². The number of nitrogens with zero attached hydrogens (tertiary/aromatic N) is 1. The van der Waals surface area contributed by atoms with Crippen molar-refractivity contribution in [3.8, 4) is 28.5 Å². The van der Waals surface area contributed by atoms with Crippen LogP contribution in [0.25, 0.3) is 22.8 Å². The molecule has 0 saturated carbocycles. The van der Waals surface area contributed by atoms with E-state index in [0.29, 0.717) is 17.3 Å². The Bertz CT molecular complexity index is 720. The fourth-order valence-corrected chi connectivity index (χ4v) is 2.02. The number of ether oxygens (including phenoxy) is 1. The van der Waals surface area contributed by atoms with Crippen LogP contribution in [0.4, 0.5) is 5.69 Å². The molecule has 0 radical (unpaired) electrons. The molecule has 0 saturated heterocycles. The van der Waals surface area contributed by atoms with Gasteiger partial charge in [-0.05, 0) is 12.1 Å². The van der Waals surface area contributed by atoms with E-state index in [1.807, 2.05) is 36.4 Å². The maximum atomic E-state index is 5.81. The lowest BCUT2D eigenvalue weighted by atomic mass is 10.2. The molecule has 0 spiro atoms. The first kappa shape index (κ1) is 12.3. The molecule has 4 nitrogen and oxygen atoms in total. The van der Waals surface area contributed by atoms with Crippen LogP contribution < -0.4 is 10.5 Å². The summed E-state index contributed by atoms with van der Waals surface area (Å²) in [6.07, 6.45) is 1.71. The van der Waals surface area contributed by atoms with Crippen molar-refractivity contribution < 1.29 is 9.15 Å². The number of anilines is 1. The molecule has 3 aromatic rings. The summed E-state index contributed by atoms with van der Waals surface area (Å²) in [6.45, 7) is 0. The highest BCUT2D eigenvalue weighted by molar-refractivity contribution is 5.68. The van der Waals surface area contributed by atoms with Crippen LogP contribution in [0.1, 0.15) is 0 Å². The van der Waals surface area contributed by atoms with Crippen molar-refractivity contribution in [1.82, 2.24) is 4.98 Å². The van der Waals surface area contributed by atoms with Gasteiger partial charge in [0, 0.05) is 17.3 Å². The van der Waals surface area contributed by atoms with Crippen LogP contribution in [0.2, 0.25) is 0 Å². The summed E-state index contributed by atoms with van der Waals surface area (Å²) < 4.78 is 11.1. The van der Waals surface area contributed by atoms with Gasteiger partial charge in [0.25, 0.3) is 0 Å². The van der Waals surface area contributed by atoms with Crippen LogP contribution >= 0.6 is 0 Å². The minimum Gasteiger partial charge on any atom is -0.496 e. The number of nitrogen functional groups attached to an aromatic ring is 1. The number of aromatic nitrogens is 1. The Morgan fingerprint density at radius 2 is 1.90 bits per heavy atom. The predicted molar refractivity (Wildman–Crippen MR) is 78.3 cm³/mol. The van der Waals surface area contributed by atoms with Crippen LogP contribution in [0.15, 0.2) is 59.1 Å². The van der Waals surface area contributed by atoms with Gasteiger partial charge in [-0.1, -0.05) is 30.3 Å². The Hall–Kier alpha value is -2.75. The number of rotatable bonds is 3. The quantitative estimate of drug-likeness (QED) is 0.736. The van der Waals surface area contributed by atoms with Crippen LogP contribution in [0.5, 0.6) is 5.75 Å². The minimum atomic E-state index is 0.515. The van der Waals surface area contributed by atoms with Gasteiger partial charge in [0.05, 0.1) is 18.9 Å². The molecule has 0 atom stereocenters. The lowest BCUT2D eigenvalue weighted by Gasteiger charge is -2.06. The van der Waals surface area contributed by atoms with Crippen LogP contribution in [0, 0.1) is 0 Å². The Labute approximate surface area is 116 Å². The van der Waals surface area contributed by atoms with E-state index in [1.165, 1.54) is 0 Å². The molecule has 2 N–H and O–H groups in total. The molecule has 0 bridgehead atoms. The number of benzene rings is 2. The summed E-state index contributed by atoms with van der Waals surface area (Å²) in [7, 11) is 1.60. The molecule has 2 aromatic carbocycles. The van der Waals surface area contributed by atoms with Gasteiger partial charge in [-0.2, -0.15) is 0 Å². The van der Waals surface area contributed by atoms with Crippen molar-refractivity contribution in [2.75, 3.05) is 12.8 Å². The lowest BCUT2D eigenvalue weighted by molar-refractivity contribution is 0.414. The average molecular weight is 266 g/mol. The first-order chi connectivity index (χ1) is 9.78. The molecule has 0 fully saturated rings. The van der Waals surface area contributed by atoms with E-state index in [0.717, 1.165) is 16.9 Å². The number of hydrogen-bond acceptors (Lipinski definition) is 4. The van der Waals surface area contributed by atoms with Gasteiger partial charge < -0.3 is 14.9 Å². The molecule has 4 heteroatoms. The third kappa shape index (κ3) is 2.23. The number of nitrogens with two attached hydrogens (primary N) is 1. The van der Waals surface area contributed by atoms with E-state index in [2.05, 4.69) is 4.98 Å². The molecular weight excluding hydrogens is 252 g/mol. The molecule has 1 heterocycles. The van der Waals surface area contributed by atoms with E-state index in [-0.39, 0.29) is 0 Å².